The molecule has 9 heteroatoms. The molecule has 0 aliphatic heterocycles. The van der Waals surface area contributed by atoms with Crippen LogP contribution in [0.2, 0.25) is 10.0 Å². The second kappa shape index (κ2) is 9.08. The van der Waals surface area contributed by atoms with E-state index in [0.29, 0.717) is 32.9 Å². The second-order valence-electron chi connectivity index (χ2n) is 6.88. The summed E-state index contributed by atoms with van der Waals surface area (Å²) >= 11 is 12.0. The molecule has 0 fully saturated rings. The topological polar surface area (TPSA) is 87.7 Å². The van der Waals surface area contributed by atoms with Gasteiger partial charge in [0.25, 0.3) is 5.91 Å². The van der Waals surface area contributed by atoms with Crippen molar-refractivity contribution in [2.75, 3.05) is 5.32 Å². The Morgan fingerprint density at radius 2 is 1.97 bits per heavy atom. The lowest BCUT2D eigenvalue weighted by Crippen LogP contribution is -2.22. The summed E-state index contributed by atoms with van der Waals surface area (Å²) in [6.45, 7) is 1.43. The Morgan fingerprint density at radius 1 is 1.19 bits per heavy atom. The summed E-state index contributed by atoms with van der Waals surface area (Å²) in [7, 11) is 0. The van der Waals surface area contributed by atoms with Gasteiger partial charge in [0.05, 0.1) is 33.7 Å². The normalized spacial score (nSPS) is 11.7. The highest BCUT2D eigenvalue weighted by molar-refractivity contribution is 6.34. The highest BCUT2D eigenvalue weighted by atomic mass is 35.5. The number of anilines is 1. The molecule has 0 aliphatic rings. The average Bonchev–Trinajstić information content (AvgIpc) is 2.78. The number of nitrogens with zero attached hydrogens (tertiary/aromatic N) is 2. The van der Waals surface area contributed by atoms with Crippen molar-refractivity contribution < 1.29 is 18.7 Å². The first-order chi connectivity index (χ1) is 15.4. The number of para-hydroxylation sites is 1. The van der Waals surface area contributed by atoms with E-state index in [1.165, 1.54) is 24.4 Å². The minimum atomic E-state index is -0.592. The smallest absolute Gasteiger partial charge is 0.261 e. The van der Waals surface area contributed by atoms with E-state index in [1.54, 1.807) is 37.3 Å². The van der Waals surface area contributed by atoms with Crippen molar-refractivity contribution in [2.45, 2.75) is 13.5 Å². The first-order valence-corrected chi connectivity index (χ1v) is 10.2. The molecule has 0 saturated carbocycles. The van der Waals surface area contributed by atoms with Crippen LogP contribution in [0.4, 0.5) is 15.8 Å². The van der Waals surface area contributed by atoms with E-state index in [-0.39, 0.29) is 28.4 Å². The summed E-state index contributed by atoms with van der Waals surface area (Å²) in [4.78, 5) is 21.8. The fraction of sp³-hybridized carbons (Fsp3) is 0.0870. The molecule has 0 saturated heterocycles. The molecule has 0 atom stereocenters. The van der Waals surface area contributed by atoms with E-state index in [0.717, 1.165) is 0 Å². The molecule has 162 valence electrons. The lowest BCUT2D eigenvalue weighted by atomic mass is 10.1. The van der Waals surface area contributed by atoms with Crippen LogP contribution in [-0.2, 0) is 6.61 Å². The molecule has 6 nitrogen and oxygen atoms in total. The van der Waals surface area contributed by atoms with Crippen LogP contribution in [-0.4, -0.2) is 16.0 Å². The third-order valence-electron chi connectivity index (χ3n) is 4.72. The summed E-state index contributed by atoms with van der Waals surface area (Å²) in [6.07, 6.45) is 1.51. The first-order valence-electron chi connectivity index (χ1n) is 9.46. The fourth-order valence-electron chi connectivity index (χ4n) is 3.08. The number of aliphatic hydroxyl groups is 1. The molecule has 0 spiro atoms. The van der Waals surface area contributed by atoms with Gasteiger partial charge in [0.2, 0.25) is 5.55 Å². The quantitative estimate of drug-likeness (QED) is 0.407. The number of benzene rings is 2. The Balaban J connectivity index is 1.94. The molecule has 32 heavy (non-hydrogen) atoms. The van der Waals surface area contributed by atoms with E-state index in [4.69, 9.17) is 27.6 Å². The predicted octanol–water partition coefficient (Wildman–Crippen LogP) is 5.56. The molecule has 0 radical (unpaired) electrons. The van der Waals surface area contributed by atoms with Gasteiger partial charge in [-0.2, -0.15) is 0 Å². The third-order valence-corrected chi connectivity index (χ3v) is 5.34. The van der Waals surface area contributed by atoms with Crippen molar-refractivity contribution in [3.8, 4) is 0 Å². The minimum Gasteiger partial charge on any atom is -0.436 e. The molecule has 0 aliphatic carbocycles. The van der Waals surface area contributed by atoms with Gasteiger partial charge in [0.15, 0.2) is 5.58 Å². The molecule has 2 aromatic heterocycles. The zero-order valence-corrected chi connectivity index (χ0v) is 18.2. The number of amides is 1. The number of carbonyl (C=O) groups is 1. The van der Waals surface area contributed by atoms with Gasteiger partial charge < -0.3 is 14.8 Å². The lowest BCUT2D eigenvalue weighted by Gasteiger charge is -2.10. The Hall–Kier alpha value is -3.26. The summed E-state index contributed by atoms with van der Waals surface area (Å²) in [5, 5.41) is 13.2. The molecular formula is C23H16Cl2FN3O3. The number of hydrogen-bond acceptors (Lipinski definition) is 5. The predicted molar refractivity (Wildman–Crippen MR) is 121 cm³/mol. The molecule has 2 N–H and O–H groups in total. The molecule has 4 rings (SSSR count). The number of aromatic nitrogens is 1. The van der Waals surface area contributed by atoms with Gasteiger partial charge in [-0.3, -0.25) is 9.78 Å². The van der Waals surface area contributed by atoms with Gasteiger partial charge in [-0.1, -0.05) is 35.3 Å². The van der Waals surface area contributed by atoms with Crippen LogP contribution in [0.25, 0.3) is 11.0 Å². The monoisotopic (exact) mass is 471 g/mol. The van der Waals surface area contributed by atoms with Gasteiger partial charge >= 0.3 is 0 Å². The van der Waals surface area contributed by atoms with E-state index in [2.05, 4.69) is 15.3 Å². The van der Waals surface area contributed by atoms with Crippen LogP contribution in [0, 0.1) is 12.7 Å². The maximum atomic E-state index is 13.6. The number of aliphatic hydroxyl groups excluding tert-OH is 1. The second-order valence-corrected chi connectivity index (χ2v) is 7.69. The van der Waals surface area contributed by atoms with E-state index in [9.17, 15) is 14.3 Å². The van der Waals surface area contributed by atoms with E-state index < -0.39 is 11.7 Å². The number of nitrogens with one attached hydrogen (secondary N) is 1. The zero-order valence-electron chi connectivity index (χ0n) is 16.7. The highest BCUT2D eigenvalue weighted by Gasteiger charge is 2.17. The molecule has 1 amide bonds. The Labute approximate surface area is 192 Å². The Morgan fingerprint density at radius 3 is 2.69 bits per heavy atom. The SMILES string of the molecule is Cc1ncc(CO)c2cc(C(=O)Nc3ccccc3Cl)c(=Nc3ccc(F)c(Cl)c3)oc12. The molecule has 2 aromatic carbocycles. The largest absolute Gasteiger partial charge is 0.436 e. The van der Waals surface area contributed by atoms with Crippen LogP contribution in [0.1, 0.15) is 21.6 Å². The summed E-state index contributed by atoms with van der Waals surface area (Å²) in [5.74, 6) is -1.13. The summed E-state index contributed by atoms with van der Waals surface area (Å²) in [6, 6.07) is 12.2. The molecule has 4 aromatic rings. The van der Waals surface area contributed by atoms with Gasteiger partial charge in [0, 0.05) is 17.1 Å². The van der Waals surface area contributed by atoms with Crippen molar-refractivity contribution >= 4 is 51.5 Å². The third kappa shape index (κ3) is 4.36. The van der Waals surface area contributed by atoms with Gasteiger partial charge in [-0.25, -0.2) is 9.38 Å². The lowest BCUT2D eigenvalue weighted by molar-refractivity contribution is 0.102. The number of hydrogen-bond donors (Lipinski definition) is 2. The van der Waals surface area contributed by atoms with Gasteiger partial charge in [-0.15, -0.1) is 0 Å². The standard InChI is InChI=1S/C23H16Cl2FN3O3/c1-12-21-15(13(11-30)10-27-12)9-16(22(31)29-20-5-3-2-4-17(20)24)23(32-21)28-14-6-7-19(26)18(25)8-14/h2-10,30H,11H2,1H3,(H,29,31). The molecule has 2 heterocycles. The first kappa shape index (κ1) is 22.0. The van der Waals surface area contributed by atoms with E-state index in [1.807, 2.05) is 0 Å². The molecule has 0 bridgehead atoms. The van der Waals surface area contributed by atoms with Crippen molar-refractivity contribution in [1.29, 1.82) is 0 Å². The maximum absolute atomic E-state index is 13.6. The van der Waals surface area contributed by atoms with Crippen LogP contribution in [0.5, 0.6) is 0 Å². The van der Waals surface area contributed by atoms with Crippen molar-refractivity contribution in [2.24, 2.45) is 4.99 Å². The van der Waals surface area contributed by atoms with E-state index >= 15 is 0 Å². The highest BCUT2D eigenvalue weighted by Crippen LogP contribution is 2.25. The van der Waals surface area contributed by atoms with Crippen molar-refractivity contribution in [1.82, 2.24) is 4.98 Å². The van der Waals surface area contributed by atoms with Crippen LogP contribution < -0.4 is 10.9 Å². The van der Waals surface area contributed by atoms with Gasteiger partial charge in [0.1, 0.15) is 11.4 Å². The number of pyridine rings is 1. The summed E-state index contributed by atoms with van der Waals surface area (Å²) in [5.41, 5.74) is 2.13. The number of fused-ring (bicyclic) bond motifs is 1. The summed E-state index contributed by atoms with van der Waals surface area (Å²) < 4.78 is 19.5. The molecule has 0 unspecified atom stereocenters. The Kier molecular flexibility index (Phi) is 6.23. The zero-order chi connectivity index (χ0) is 22.8. The maximum Gasteiger partial charge on any atom is 0.261 e. The number of halogens is 3. The molecular weight excluding hydrogens is 456 g/mol. The average molecular weight is 472 g/mol. The fourth-order valence-corrected chi connectivity index (χ4v) is 3.44. The number of rotatable bonds is 4. The number of aryl methyl sites for hydroxylation is 1. The Bertz CT molecular complexity index is 1420. The van der Waals surface area contributed by atoms with Gasteiger partial charge in [-0.05, 0) is 43.3 Å². The minimum absolute atomic E-state index is 0.0373. The number of carbonyl (C=O) groups excluding carboxylic acids is 1. The van der Waals surface area contributed by atoms with Crippen LogP contribution in [0.15, 0.2) is 64.1 Å². The van der Waals surface area contributed by atoms with Crippen LogP contribution >= 0.6 is 23.2 Å². The van der Waals surface area contributed by atoms with Crippen molar-refractivity contribution in [3.63, 3.8) is 0 Å². The van der Waals surface area contributed by atoms with Crippen molar-refractivity contribution in [3.05, 3.63) is 93.0 Å². The van der Waals surface area contributed by atoms with Crippen LogP contribution in [0.3, 0.4) is 0 Å².